The molecule has 3 fully saturated rings. The first-order valence-electron chi connectivity index (χ1n) is 33.7. The summed E-state index contributed by atoms with van der Waals surface area (Å²) in [5.41, 5.74) is 0. The van der Waals surface area contributed by atoms with Crippen LogP contribution in [0.2, 0.25) is 0 Å². The quantitative estimate of drug-likeness (QED) is 0.0252. The normalized spacial score (nSPS) is 24.6. The first-order chi connectivity index (χ1) is 49.0. The summed E-state index contributed by atoms with van der Waals surface area (Å²) in [7, 11) is 1.53. The lowest BCUT2D eigenvalue weighted by atomic mass is 9.88. The number of nitrogens with zero attached hydrogens (tertiary/aromatic N) is 2. The van der Waals surface area contributed by atoms with Crippen LogP contribution in [0.15, 0.2) is 0 Å². The number of aliphatic carboxylic acids is 3. The molecule has 0 aromatic rings. The van der Waals surface area contributed by atoms with Gasteiger partial charge in [0, 0.05) is 105 Å². The lowest BCUT2D eigenvalue weighted by Gasteiger charge is -2.50. The van der Waals surface area contributed by atoms with Crippen LogP contribution in [0.25, 0.3) is 0 Å². The zero-order chi connectivity index (χ0) is 79.1. The van der Waals surface area contributed by atoms with Crippen molar-refractivity contribution in [3.8, 4) is 0 Å². The highest BCUT2D eigenvalue weighted by molar-refractivity contribution is 5.94. The molecule has 0 aromatic carbocycles. The van der Waals surface area contributed by atoms with Crippen molar-refractivity contribution in [1.29, 1.82) is 0 Å². The number of amides is 8. The summed E-state index contributed by atoms with van der Waals surface area (Å²) in [5, 5.41) is 138. The largest absolute Gasteiger partial charge is 0.480 e. The number of ether oxygens (including phenoxy) is 6. The van der Waals surface area contributed by atoms with Gasteiger partial charge in [0.25, 0.3) is 5.79 Å². The van der Waals surface area contributed by atoms with E-state index in [9.17, 15) is 123 Å². The number of rotatable bonds is 45. The first kappa shape index (κ1) is 94.3. The summed E-state index contributed by atoms with van der Waals surface area (Å²) in [6, 6.07) is -2.95. The Labute approximate surface area is 598 Å². The predicted octanol–water partition coefficient (Wildman–Crippen LogP) is -7.39. The number of carboxylic acid groups (broad SMARTS) is 3. The predicted molar refractivity (Wildman–Crippen MR) is 349 cm³/mol. The number of Topliss-reactive ketones (excluding diaryl/α,β-unsaturated/α-hetero) is 4. The van der Waals surface area contributed by atoms with E-state index in [4.69, 9.17) is 38.6 Å². The molecule has 0 spiro atoms. The van der Waals surface area contributed by atoms with E-state index in [0.717, 1.165) is 18.7 Å². The first-order valence-corrected chi connectivity index (χ1v) is 33.7. The molecular weight excluding hydrogens is 1400 g/mol. The average molecular weight is 1500 g/mol. The van der Waals surface area contributed by atoms with E-state index >= 15 is 0 Å². The van der Waals surface area contributed by atoms with Crippen molar-refractivity contribution in [3.05, 3.63) is 0 Å². The highest BCUT2D eigenvalue weighted by atomic mass is 16.8. The average Bonchev–Trinajstić information content (AvgIpc) is 0.759. The van der Waals surface area contributed by atoms with E-state index in [1.165, 1.54) is 7.05 Å². The zero-order valence-electron chi connectivity index (χ0n) is 59.2. The minimum absolute atomic E-state index is 0.00132. The Balaban J connectivity index is 0.00000107. The lowest BCUT2D eigenvalue weighted by molar-refractivity contribution is -0.418. The van der Waals surface area contributed by atoms with Gasteiger partial charge in [-0.15, -0.1) is 0 Å². The minimum Gasteiger partial charge on any atom is -0.480 e. The van der Waals surface area contributed by atoms with Gasteiger partial charge in [-0.3, -0.25) is 67.1 Å². The van der Waals surface area contributed by atoms with Crippen LogP contribution >= 0.6 is 0 Å². The molecule has 41 heteroatoms. The number of hydrogen-bond acceptors (Lipinski definition) is 30. The summed E-state index contributed by atoms with van der Waals surface area (Å²) in [6.07, 6.45) is -25.0. The molecule has 0 radical (unpaired) electrons. The molecule has 8 amide bonds. The molecule has 3 heterocycles. The van der Waals surface area contributed by atoms with Crippen LogP contribution in [0, 0.1) is 0 Å². The Morgan fingerprint density at radius 3 is 1.53 bits per heavy atom. The molecule has 0 bridgehead atoms. The van der Waals surface area contributed by atoms with E-state index in [1.54, 1.807) is 13.8 Å². The fourth-order valence-corrected chi connectivity index (χ4v) is 10.2. The second-order valence-electron chi connectivity index (χ2n) is 23.9. The molecule has 594 valence electrons. The standard InChI is InChI=1S/C35H59N3O21.C26H39N5O12.C2H6/c1-15(41)37-22-18(44)12-35(34(52)53,58-30(22)24(47)19(45)13-39)59-33-28(51)26(49)27(50)32(57-33)56-29-20(14-40)55-31(23(25(29)48)38-16(2)42)54-11-7-6-9-17(43)8-4-5-10-21(46)36-3;1-3-17(32)6-9-23(38)30(15-25(40)41)13-22(37)29-12-19(34)7-10-24(39)31(16-26(42)43)14-21(36)28-11-18(33)5-8-20(35)27-4-2;1-2/h18-20,22-33,39-40,44-45,47-51H,4-14H2,1-3H3,(H,36,46)(H,37,41)(H,38,42)(H,52,53);3-16H2,1-2H3,(H,27,35)(H,28,36)(H,29,37)(H,40,41)(H,42,43);1-2H3/t18-,19?,20?,22-,23?,24?,25-,26-,27?,28-,29-,30?,31-,32-,33?,35+;;/m1../s1. The Morgan fingerprint density at radius 2 is 1.05 bits per heavy atom. The molecule has 0 aromatic heterocycles. The SMILES string of the molecule is CC.CCNC(=O)CCC(=O)CNC(=O)CN(CC(=O)O)C(=O)CCC(=O)CNC(=O)CN(CC(=O)O)C(=O)CCC(=O)CC.CNC(=O)CCCCC(=O)CCCCO[C@@H]1OC(CO)[C@@H](O[C@@H]2OC(O[C@]3(C(=O)O)C[C@@H](O)[C@@H](NC(C)=O)C(C(O)C(O)CO)O3)[C@H](O)[C@H](O)C2O)[C@H](O)C1NC(C)=O. The van der Waals surface area contributed by atoms with Gasteiger partial charge in [-0.2, -0.15) is 0 Å². The summed E-state index contributed by atoms with van der Waals surface area (Å²) in [5.74, 6) is -14.4. The third kappa shape index (κ3) is 33.6. The van der Waals surface area contributed by atoms with Gasteiger partial charge in [0.05, 0.1) is 38.4 Å². The number of ketones is 4. The van der Waals surface area contributed by atoms with Gasteiger partial charge in [0.2, 0.25) is 47.3 Å². The molecule has 104 heavy (non-hydrogen) atoms. The number of carbonyl (C=O) groups is 15. The minimum atomic E-state index is -3.07. The number of carboxylic acids is 3. The van der Waals surface area contributed by atoms with E-state index in [2.05, 4.69) is 31.9 Å². The second kappa shape index (κ2) is 49.1. The highest BCUT2D eigenvalue weighted by Gasteiger charge is 2.60. The molecule has 16 atom stereocenters. The molecule has 3 aliphatic rings. The maximum atomic E-state index is 12.7. The van der Waals surface area contributed by atoms with Crippen molar-refractivity contribution < 1.29 is 162 Å². The third-order valence-corrected chi connectivity index (χ3v) is 15.7. The molecule has 3 aliphatic heterocycles. The maximum Gasteiger partial charge on any atom is 0.364 e. The highest BCUT2D eigenvalue weighted by Crippen LogP contribution is 2.38. The molecule has 0 saturated carbocycles. The van der Waals surface area contributed by atoms with Crippen LogP contribution in [0.5, 0.6) is 0 Å². The summed E-state index contributed by atoms with van der Waals surface area (Å²) in [6.45, 7) is 3.87. The van der Waals surface area contributed by atoms with Gasteiger partial charge < -0.3 is 131 Å². The molecule has 7 unspecified atom stereocenters. The molecule has 41 nitrogen and oxygen atoms in total. The Morgan fingerprint density at radius 1 is 0.548 bits per heavy atom. The lowest BCUT2D eigenvalue weighted by Crippen LogP contribution is -2.70. The van der Waals surface area contributed by atoms with Gasteiger partial charge in [0.15, 0.2) is 30.4 Å². The van der Waals surface area contributed by atoms with Gasteiger partial charge in [0.1, 0.15) is 98.7 Å². The molecule has 3 rings (SSSR count). The van der Waals surface area contributed by atoms with Crippen molar-refractivity contribution in [1.82, 2.24) is 41.7 Å². The van der Waals surface area contributed by atoms with E-state index < -0.39 is 234 Å². The number of unbranched alkanes of at least 4 members (excludes halogenated alkanes) is 2. The summed E-state index contributed by atoms with van der Waals surface area (Å²) >= 11 is 0. The third-order valence-electron chi connectivity index (χ3n) is 15.7. The Bertz CT molecular complexity index is 2840. The van der Waals surface area contributed by atoms with Crippen molar-refractivity contribution in [2.24, 2.45) is 0 Å². The van der Waals surface area contributed by atoms with Gasteiger partial charge in [-0.05, 0) is 32.6 Å². The summed E-state index contributed by atoms with van der Waals surface area (Å²) < 4.78 is 33.9. The van der Waals surface area contributed by atoms with Crippen molar-refractivity contribution >= 4 is 88.3 Å². The van der Waals surface area contributed by atoms with Crippen molar-refractivity contribution in [2.75, 3.05) is 72.7 Å². The van der Waals surface area contributed by atoms with Crippen LogP contribution in [-0.2, 0) is 100 Å². The number of aliphatic hydroxyl groups excluding tert-OH is 9. The number of carbonyl (C=O) groups excluding carboxylic acids is 12. The van der Waals surface area contributed by atoms with Crippen LogP contribution < -0.4 is 31.9 Å². The van der Waals surface area contributed by atoms with Crippen LogP contribution in [0.1, 0.15) is 138 Å². The van der Waals surface area contributed by atoms with Crippen LogP contribution in [0.4, 0.5) is 0 Å². The molecular formula is C63H104N8O33. The van der Waals surface area contributed by atoms with Gasteiger partial charge in [-0.1, -0.05) is 20.8 Å². The molecule has 3 saturated heterocycles. The summed E-state index contributed by atoms with van der Waals surface area (Å²) in [4.78, 5) is 180. The smallest absolute Gasteiger partial charge is 0.364 e. The fraction of sp³-hybridized carbons (Fsp3) is 0.762. The number of hydrogen-bond donors (Lipinski definition) is 18. The van der Waals surface area contributed by atoms with Gasteiger partial charge in [-0.25, -0.2) is 4.79 Å². The van der Waals surface area contributed by atoms with Gasteiger partial charge >= 0.3 is 17.9 Å². The molecule has 18 N–H and O–H groups in total. The maximum absolute atomic E-state index is 12.7. The zero-order valence-corrected chi connectivity index (χ0v) is 59.2. The fourth-order valence-electron chi connectivity index (χ4n) is 10.2. The number of nitrogens with one attached hydrogen (secondary N) is 6. The Kier molecular flexibility index (Phi) is 44.5. The second-order valence-corrected chi connectivity index (χ2v) is 23.9. The topological polar surface area (TPSA) is 633 Å². The van der Waals surface area contributed by atoms with Crippen molar-refractivity contribution in [3.63, 3.8) is 0 Å². The number of aliphatic hydroxyl groups is 9. The molecule has 0 aliphatic carbocycles. The van der Waals surface area contributed by atoms with E-state index in [-0.39, 0.29) is 68.5 Å². The Hall–Kier alpha value is -7.75. The van der Waals surface area contributed by atoms with Crippen LogP contribution in [0.3, 0.4) is 0 Å². The van der Waals surface area contributed by atoms with E-state index in [0.29, 0.717) is 50.0 Å². The van der Waals surface area contributed by atoms with Crippen molar-refractivity contribution in [2.45, 2.75) is 236 Å². The monoisotopic (exact) mass is 1500 g/mol. The van der Waals surface area contributed by atoms with Crippen LogP contribution in [-0.4, -0.2) is 330 Å². The van der Waals surface area contributed by atoms with E-state index in [1.807, 2.05) is 13.8 Å².